The van der Waals surface area contributed by atoms with Gasteiger partial charge in [-0.3, -0.25) is 4.79 Å². The molecule has 1 aromatic rings. The van der Waals surface area contributed by atoms with Gasteiger partial charge in [-0.1, -0.05) is 23.2 Å². The lowest BCUT2D eigenvalue weighted by molar-refractivity contribution is -0.142. The van der Waals surface area contributed by atoms with Crippen LogP contribution in [0.25, 0.3) is 0 Å². The minimum atomic E-state index is -0.312. The van der Waals surface area contributed by atoms with E-state index in [0.717, 1.165) is 0 Å². The van der Waals surface area contributed by atoms with Crippen molar-refractivity contribution >= 4 is 45.1 Å². The maximum absolute atomic E-state index is 11.2. The van der Waals surface area contributed by atoms with Crippen LogP contribution in [0, 0.1) is 0 Å². The number of halogens is 3. The molecule has 0 N–H and O–H groups in total. The Hall–Kier alpha value is -0.250. The Kier molecular flexibility index (Phi) is 4.90. The van der Waals surface area contributed by atoms with Crippen LogP contribution in [0.15, 0.2) is 16.6 Å². The average Bonchev–Trinajstić information content (AvgIpc) is 2.13. The van der Waals surface area contributed by atoms with Gasteiger partial charge in [-0.05, 0) is 40.5 Å². The van der Waals surface area contributed by atoms with Gasteiger partial charge in [0, 0.05) is 9.50 Å². The number of esters is 1. The second-order valence-electron chi connectivity index (χ2n) is 2.84. The van der Waals surface area contributed by atoms with Gasteiger partial charge >= 0.3 is 5.97 Å². The fraction of sp³-hybridized carbons (Fsp3) is 0.300. The molecule has 0 aliphatic rings. The molecule has 0 radical (unpaired) electrons. The molecule has 82 valence electrons. The number of benzene rings is 1. The summed E-state index contributed by atoms with van der Waals surface area (Å²) < 4.78 is 5.50. The van der Waals surface area contributed by atoms with E-state index >= 15 is 0 Å². The number of hydrogen-bond donors (Lipinski definition) is 0. The van der Waals surface area contributed by atoms with Gasteiger partial charge in [0.25, 0.3) is 0 Å². The lowest BCUT2D eigenvalue weighted by Gasteiger charge is -2.06. The van der Waals surface area contributed by atoms with Crippen LogP contribution in [0.3, 0.4) is 0 Å². The average molecular weight is 312 g/mol. The number of ether oxygens (including phenoxy) is 1. The van der Waals surface area contributed by atoms with Crippen LogP contribution in [0.1, 0.15) is 12.5 Å². The molecule has 5 heteroatoms. The van der Waals surface area contributed by atoms with Crippen molar-refractivity contribution in [3.63, 3.8) is 0 Å². The molecule has 0 aliphatic heterocycles. The van der Waals surface area contributed by atoms with Crippen LogP contribution in [-0.4, -0.2) is 12.6 Å². The molecule has 2 nitrogen and oxygen atoms in total. The number of hydrogen-bond acceptors (Lipinski definition) is 2. The number of carbonyl (C=O) groups excluding carboxylic acids is 1. The third-order valence-electron chi connectivity index (χ3n) is 1.71. The second kappa shape index (κ2) is 5.73. The Morgan fingerprint density at radius 3 is 2.73 bits per heavy atom. The van der Waals surface area contributed by atoms with Gasteiger partial charge in [-0.25, -0.2) is 0 Å². The van der Waals surface area contributed by atoms with E-state index in [-0.39, 0.29) is 12.4 Å². The topological polar surface area (TPSA) is 26.3 Å². The highest BCUT2D eigenvalue weighted by Gasteiger charge is 2.11. The minimum Gasteiger partial charge on any atom is -0.466 e. The fourth-order valence-corrected chi connectivity index (χ4v) is 2.16. The predicted octanol–water partition coefficient (Wildman–Crippen LogP) is 3.86. The number of rotatable bonds is 3. The van der Waals surface area contributed by atoms with Gasteiger partial charge in [0.1, 0.15) is 0 Å². The zero-order valence-corrected chi connectivity index (χ0v) is 11.1. The molecule has 0 unspecified atom stereocenters. The number of carbonyl (C=O) groups is 1. The van der Waals surface area contributed by atoms with Crippen LogP contribution >= 0.6 is 39.1 Å². The Morgan fingerprint density at radius 1 is 1.47 bits per heavy atom. The van der Waals surface area contributed by atoms with Crippen molar-refractivity contribution in [3.8, 4) is 0 Å². The van der Waals surface area contributed by atoms with E-state index in [9.17, 15) is 4.79 Å². The van der Waals surface area contributed by atoms with E-state index in [0.29, 0.717) is 26.7 Å². The molecule has 0 heterocycles. The Bertz CT molecular complexity index is 380. The van der Waals surface area contributed by atoms with Crippen LogP contribution in [0.5, 0.6) is 0 Å². The van der Waals surface area contributed by atoms with Crippen molar-refractivity contribution in [2.75, 3.05) is 6.61 Å². The quantitative estimate of drug-likeness (QED) is 0.626. The van der Waals surface area contributed by atoms with Crippen LogP contribution < -0.4 is 0 Å². The molecule has 1 aromatic carbocycles. The predicted molar refractivity (Wildman–Crippen MR) is 64.5 cm³/mol. The van der Waals surface area contributed by atoms with Crippen molar-refractivity contribution in [2.24, 2.45) is 0 Å². The van der Waals surface area contributed by atoms with Gasteiger partial charge < -0.3 is 4.74 Å². The molecule has 0 fully saturated rings. The molecule has 0 aliphatic carbocycles. The van der Waals surface area contributed by atoms with Crippen molar-refractivity contribution in [1.82, 2.24) is 0 Å². The molecule has 1 rings (SSSR count). The third-order valence-corrected chi connectivity index (χ3v) is 3.23. The standard InChI is InChI=1S/C10H9BrCl2O2/c1-2-15-9(14)4-6-3-7(12)5-8(11)10(6)13/h3,5H,2,4H2,1H3. The van der Waals surface area contributed by atoms with Crippen molar-refractivity contribution < 1.29 is 9.53 Å². The minimum absolute atomic E-state index is 0.131. The first-order valence-electron chi connectivity index (χ1n) is 4.33. The van der Waals surface area contributed by atoms with E-state index in [2.05, 4.69) is 15.9 Å². The van der Waals surface area contributed by atoms with E-state index < -0.39 is 0 Å². The van der Waals surface area contributed by atoms with Crippen molar-refractivity contribution in [3.05, 3.63) is 32.2 Å². The Balaban J connectivity index is 2.89. The second-order valence-corrected chi connectivity index (χ2v) is 4.51. The molecule has 0 atom stereocenters. The lowest BCUT2D eigenvalue weighted by Crippen LogP contribution is -2.07. The third kappa shape index (κ3) is 3.67. The monoisotopic (exact) mass is 310 g/mol. The normalized spacial score (nSPS) is 10.1. The maximum atomic E-state index is 11.2. The molecule has 15 heavy (non-hydrogen) atoms. The largest absolute Gasteiger partial charge is 0.466 e. The summed E-state index contributed by atoms with van der Waals surface area (Å²) in [4.78, 5) is 11.2. The molecule has 0 spiro atoms. The van der Waals surface area contributed by atoms with Crippen molar-refractivity contribution in [2.45, 2.75) is 13.3 Å². The molecule has 0 amide bonds. The van der Waals surface area contributed by atoms with Gasteiger partial charge in [0.15, 0.2) is 0 Å². The molecule has 0 aromatic heterocycles. The van der Waals surface area contributed by atoms with Crippen LogP contribution in [0.4, 0.5) is 0 Å². The first-order chi connectivity index (χ1) is 7.04. The fourth-order valence-electron chi connectivity index (χ4n) is 1.11. The van der Waals surface area contributed by atoms with E-state index in [1.165, 1.54) is 0 Å². The summed E-state index contributed by atoms with van der Waals surface area (Å²) in [6.07, 6.45) is 0.131. The summed E-state index contributed by atoms with van der Waals surface area (Å²) in [5, 5.41) is 1.03. The molecule has 0 bridgehead atoms. The lowest BCUT2D eigenvalue weighted by atomic mass is 10.1. The Labute approximate surface area is 107 Å². The first kappa shape index (κ1) is 12.8. The highest BCUT2D eigenvalue weighted by molar-refractivity contribution is 9.10. The SMILES string of the molecule is CCOC(=O)Cc1cc(Cl)cc(Br)c1Cl. The molecular formula is C10H9BrCl2O2. The maximum Gasteiger partial charge on any atom is 0.310 e. The first-order valence-corrected chi connectivity index (χ1v) is 5.88. The summed E-state index contributed by atoms with van der Waals surface area (Å²) in [5.41, 5.74) is 0.662. The van der Waals surface area contributed by atoms with Gasteiger partial charge in [0.2, 0.25) is 0 Å². The van der Waals surface area contributed by atoms with Gasteiger partial charge in [-0.15, -0.1) is 0 Å². The molecular weight excluding hydrogens is 303 g/mol. The zero-order chi connectivity index (χ0) is 11.4. The smallest absolute Gasteiger partial charge is 0.310 e. The molecule has 0 saturated heterocycles. The summed E-state index contributed by atoms with van der Waals surface area (Å²) in [6, 6.07) is 3.34. The van der Waals surface area contributed by atoms with Crippen molar-refractivity contribution in [1.29, 1.82) is 0 Å². The summed E-state index contributed by atoms with van der Waals surface area (Å²) in [7, 11) is 0. The highest BCUT2D eigenvalue weighted by atomic mass is 79.9. The molecule has 0 saturated carbocycles. The highest BCUT2D eigenvalue weighted by Crippen LogP contribution is 2.30. The van der Waals surface area contributed by atoms with Crippen LogP contribution in [-0.2, 0) is 16.0 Å². The summed E-state index contributed by atoms with van der Waals surface area (Å²) >= 11 is 15.1. The zero-order valence-electron chi connectivity index (χ0n) is 8.02. The summed E-state index contributed by atoms with van der Waals surface area (Å²) in [6.45, 7) is 2.12. The van der Waals surface area contributed by atoms with Gasteiger partial charge in [0.05, 0.1) is 18.1 Å². The van der Waals surface area contributed by atoms with E-state index in [1.54, 1.807) is 19.1 Å². The van der Waals surface area contributed by atoms with Gasteiger partial charge in [-0.2, -0.15) is 0 Å². The summed E-state index contributed by atoms with van der Waals surface area (Å²) in [5.74, 6) is -0.312. The Morgan fingerprint density at radius 2 is 2.13 bits per heavy atom. The van der Waals surface area contributed by atoms with E-state index in [1.807, 2.05) is 0 Å². The van der Waals surface area contributed by atoms with E-state index in [4.69, 9.17) is 27.9 Å². The van der Waals surface area contributed by atoms with Crippen LogP contribution in [0.2, 0.25) is 10.0 Å².